The van der Waals surface area contributed by atoms with Crippen LogP contribution in [-0.4, -0.2) is 30.0 Å². The molecule has 0 aliphatic heterocycles. The predicted octanol–water partition coefficient (Wildman–Crippen LogP) is 3.75. The van der Waals surface area contributed by atoms with E-state index in [1.165, 1.54) is 27.6 Å². The monoisotopic (exact) mass is 457 g/mol. The summed E-state index contributed by atoms with van der Waals surface area (Å²) in [5.41, 5.74) is 1.69. The maximum atomic E-state index is 12.9. The number of carbonyl (C=O) groups excluding carboxylic acids is 2. The van der Waals surface area contributed by atoms with Gasteiger partial charge in [-0.1, -0.05) is 0 Å². The van der Waals surface area contributed by atoms with E-state index in [1.54, 1.807) is 6.20 Å². The minimum Gasteiger partial charge on any atom is -0.372 e. The molecule has 2 aromatic rings. The lowest BCUT2D eigenvalue weighted by Gasteiger charge is -2.13. The van der Waals surface area contributed by atoms with Crippen molar-refractivity contribution in [2.75, 3.05) is 18.5 Å². The third-order valence-corrected chi connectivity index (χ3v) is 6.72. The van der Waals surface area contributed by atoms with Crippen LogP contribution in [0.15, 0.2) is 10.1 Å². The van der Waals surface area contributed by atoms with E-state index in [9.17, 15) is 9.59 Å². The van der Waals surface area contributed by atoms with Gasteiger partial charge in [-0.15, -0.1) is 22.7 Å². The third-order valence-electron chi connectivity index (χ3n) is 4.04. The molecule has 0 saturated carbocycles. The van der Waals surface area contributed by atoms with Crippen molar-refractivity contribution in [2.45, 2.75) is 39.2 Å². The minimum absolute atomic E-state index is 0.00494. The predicted molar refractivity (Wildman–Crippen MR) is 107 cm³/mol. The summed E-state index contributed by atoms with van der Waals surface area (Å²) in [7, 11) is 0. The van der Waals surface area contributed by atoms with Crippen LogP contribution in [0.1, 0.15) is 45.4 Å². The van der Waals surface area contributed by atoms with Crippen molar-refractivity contribution in [1.29, 1.82) is 0 Å². The van der Waals surface area contributed by atoms with Crippen molar-refractivity contribution in [3.63, 3.8) is 0 Å². The number of halogens is 1. The summed E-state index contributed by atoms with van der Waals surface area (Å²) in [6.45, 7) is 2.73. The van der Waals surface area contributed by atoms with Crippen molar-refractivity contribution < 1.29 is 14.3 Å². The molecule has 2 amide bonds. The van der Waals surface area contributed by atoms with Crippen molar-refractivity contribution in [3.8, 4) is 0 Å². The Hall–Kier alpha value is -1.29. The molecule has 0 saturated heterocycles. The van der Waals surface area contributed by atoms with Gasteiger partial charge in [0.15, 0.2) is 3.92 Å². The summed E-state index contributed by atoms with van der Waals surface area (Å²) < 4.78 is 5.95. The first-order chi connectivity index (χ1) is 12.6. The van der Waals surface area contributed by atoms with Crippen LogP contribution in [0.4, 0.5) is 5.00 Å². The molecule has 0 atom stereocenters. The van der Waals surface area contributed by atoms with Crippen LogP contribution < -0.4 is 10.6 Å². The molecule has 26 heavy (non-hydrogen) atoms. The lowest BCUT2D eigenvalue weighted by molar-refractivity contribution is -0.120. The maximum absolute atomic E-state index is 12.9. The second kappa shape index (κ2) is 9.07. The highest BCUT2D eigenvalue weighted by Crippen LogP contribution is 2.38. The fourth-order valence-electron chi connectivity index (χ4n) is 2.87. The van der Waals surface area contributed by atoms with Crippen LogP contribution in [0.25, 0.3) is 0 Å². The van der Waals surface area contributed by atoms with Gasteiger partial charge in [0.2, 0.25) is 0 Å². The number of thiazole rings is 1. The van der Waals surface area contributed by atoms with Gasteiger partial charge >= 0.3 is 0 Å². The molecule has 0 aromatic carbocycles. The normalized spacial score (nSPS) is 13.3. The van der Waals surface area contributed by atoms with Crippen molar-refractivity contribution in [3.05, 3.63) is 31.0 Å². The Morgan fingerprint density at radius 2 is 2.12 bits per heavy atom. The molecule has 0 spiro atoms. The summed E-state index contributed by atoms with van der Waals surface area (Å²) in [4.78, 5) is 31.2. The number of aryl methyl sites for hydroxylation is 1. The van der Waals surface area contributed by atoms with E-state index >= 15 is 0 Å². The summed E-state index contributed by atoms with van der Waals surface area (Å²) in [6, 6.07) is 0. The number of hydrogen-bond donors (Lipinski definition) is 2. The van der Waals surface area contributed by atoms with Gasteiger partial charge in [-0.2, -0.15) is 0 Å². The molecular weight excluding hydrogens is 438 g/mol. The molecule has 140 valence electrons. The number of thiophene rings is 1. The number of nitrogens with zero attached hydrogens (tertiary/aromatic N) is 1. The zero-order valence-electron chi connectivity index (χ0n) is 14.4. The summed E-state index contributed by atoms with van der Waals surface area (Å²) in [5, 5.41) is 6.45. The largest absolute Gasteiger partial charge is 0.372 e. The molecule has 6 nitrogen and oxygen atoms in total. The molecule has 0 unspecified atom stereocenters. The zero-order chi connectivity index (χ0) is 18.5. The number of ether oxygens (including phenoxy) is 1. The van der Waals surface area contributed by atoms with E-state index in [-0.39, 0.29) is 18.4 Å². The number of amides is 2. The van der Waals surface area contributed by atoms with Crippen molar-refractivity contribution in [2.24, 2.45) is 0 Å². The highest BCUT2D eigenvalue weighted by atomic mass is 79.9. The SMILES string of the molecule is CCOCC(=O)Nc1sc2c(c1C(=O)NCc1cnc(Br)s1)CCCC2. The third kappa shape index (κ3) is 4.70. The van der Waals surface area contributed by atoms with Crippen LogP contribution in [0, 0.1) is 0 Å². The van der Waals surface area contributed by atoms with E-state index in [0.717, 1.165) is 40.0 Å². The lowest BCUT2D eigenvalue weighted by atomic mass is 9.95. The second-order valence-electron chi connectivity index (χ2n) is 5.86. The Labute approximate surface area is 168 Å². The van der Waals surface area contributed by atoms with E-state index in [0.29, 0.717) is 23.7 Å². The number of hydrogen-bond acceptors (Lipinski definition) is 6. The van der Waals surface area contributed by atoms with Crippen LogP contribution in [0.5, 0.6) is 0 Å². The van der Waals surface area contributed by atoms with Gasteiger partial charge in [0.25, 0.3) is 11.8 Å². The lowest BCUT2D eigenvalue weighted by Crippen LogP contribution is -2.26. The first-order valence-corrected chi connectivity index (χ1v) is 10.9. The smallest absolute Gasteiger partial charge is 0.254 e. The fourth-order valence-corrected chi connectivity index (χ4v) is 5.47. The molecule has 0 radical (unpaired) electrons. The second-order valence-corrected chi connectivity index (χ2v) is 9.36. The Kier molecular flexibility index (Phi) is 6.80. The standard InChI is InChI=1S/C17H20BrN3O3S2/c1-2-24-9-13(22)21-16-14(11-5-3-4-6-12(11)26-16)15(23)19-7-10-8-20-17(18)25-10/h8H,2-7,9H2,1H3,(H,19,23)(H,21,22). The Bertz CT molecular complexity index is 803. The van der Waals surface area contributed by atoms with Gasteiger partial charge < -0.3 is 15.4 Å². The van der Waals surface area contributed by atoms with Crippen molar-refractivity contribution >= 4 is 55.4 Å². The average molecular weight is 458 g/mol. The van der Waals surface area contributed by atoms with Crippen LogP contribution in [-0.2, 0) is 28.9 Å². The van der Waals surface area contributed by atoms with Gasteiger partial charge in [-0.25, -0.2) is 4.98 Å². The molecule has 0 bridgehead atoms. The highest BCUT2D eigenvalue weighted by Gasteiger charge is 2.26. The molecule has 2 aromatic heterocycles. The average Bonchev–Trinajstić information content (AvgIpc) is 3.20. The van der Waals surface area contributed by atoms with Crippen LogP contribution in [0.3, 0.4) is 0 Å². The van der Waals surface area contributed by atoms with E-state index in [1.807, 2.05) is 6.92 Å². The van der Waals surface area contributed by atoms with Crippen LogP contribution in [0.2, 0.25) is 0 Å². The molecule has 1 aliphatic carbocycles. The van der Waals surface area contributed by atoms with Gasteiger partial charge in [0.05, 0.1) is 12.1 Å². The van der Waals surface area contributed by atoms with Crippen molar-refractivity contribution in [1.82, 2.24) is 10.3 Å². The summed E-state index contributed by atoms with van der Waals surface area (Å²) >= 11 is 6.32. The Morgan fingerprint density at radius 1 is 1.31 bits per heavy atom. The molecule has 9 heteroatoms. The van der Waals surface area contributed by atoms with Gasteiger partial charge in [-0.05, 0) is 54.1 Å². The van der Waals surface area contributed by atoms with Gasteiger partial charge in [-0.3, -0.25) is 9.59 Å². The Morgan fingerprint density at radius 3 is 2.85 bits per heavy atom. The molecule has 2 heterocycles. The molecule has 2 N–H and O–H groups in total. The number of carbonyl (C=O) groups is 2. The molecule has 3 rings (SSSR count). The highest BCUT2D eigenvalue weighted by molar-refractivity contribution is 9.11. The first-order valence-electron chi connectivity index (χ1n) is 8.49. The number of fused-ring (bicyclic) bond motifs is 1. The number of aromatic nitrogens is 1. The summed E-state index contributed by atoms with van der Waals surface area (Å²) in [5.74, 6) is -0.383. The molecule has 1 aliphatic rings. The van der Waals surface area contributed by atoms with E-state index in [4.69, 9.17) is 4.74 Å². The molecular formula is C17H20BrN3O3S2. The topological polar surface area (TPSA) is 80.3 Å². The number of rotatable bonds is 7. The molecule has 0 fully saturated rings. The van der Waals surface area contributed by atoms with Gasteiger partial charge in [0, 0.05) is 22.6 Å². The zero-order valence-corrected chi connectivity index (χ0v) is 17.6. The quantitative estimate of drug-likeness (QED) is 0.663. The first kappa shape index (κ1) is 19.5. The van der Waals surface area contributed by atoms with E-state index in [2.05, 4.69) is 31.5 Å². The fraction of sp³-hybridized carbons (Fsp3) is 0.471. The van der Waals surface area contributed by atoms with Gasteiger partial charge in [0.1, 0.15) is 11.6 Å². The Balaban J connectivity index is 1.77. The maximum Gasteiger partial charge on any atom is 0.254 e. The summed E-state index contributed by atoms with van der Waals surface area (Å²) in [6.07, 6.45) is 5.77. The van der Waals surface area contributed by atoms with Crippen LogP contribution >= 0.6 is 38.6 Å². The minimum atomic E-state index is -0.231. The number of nitrogens with one attached hydrogen (secondary N) is 2. The number of anilines is 1. The van der Waals surface area contributed by atoms with E-state index < -0.39 is 0 Å².